The van der Waals surface area contributed by atoms with Crippen molar-refractivity contribution >= 4 is 11.6 Å². The highest BCUT2D eigenvalue weighted by Gasteiger charge is 2.22. The highest BCUT2D eigenvalue weighted by Crippen LogP contribution is 2.28. The fraction of sp³-hybridized carbons (Fsp3) is 0.316. The number of rotatable bonds is 5. The van der Waals surface area contributed by atoms with E-state index < -0.39 is 0 Å². The Kier molecular flexibility index (Phi) is 4.70. The molecule has 1 saturated heterocycles. The Bertz CT molecular complexity index is 787. The average Bonchev–Trinajstić information content (AvgIpc) is 3.16. The van der Waals surface area contributed by atoms with Crippen LogP contribution in [0.5, 0.6) is 0 Å². The van der Waals surface area contributed by atoms with Crippen molar-refractivity contribution in [3.8, 4) is 0 Å². The number of hydrogen-bond donors (Lipinski definition) is 2. The largest absolute Gasteiger partial charge is 0.347 e. The van der Waals surface area contributed by atoms with Crippen molar-refractivity contribution in [2.24, 2.45) is 0 Å². The third kappa shape index (κ3) is 4.03. The molecule has 4 rings (SSSR count). The number of pyridine rings is 2. The zero-order valence-electron chi connectivity index (χ0n) is 14.1. The van der Waals surface area contributed by atoms with E-state index in [0.29, 0.717) is 5.92 Å². The molecule has 25 heavy (non-hydrogen) atoms. The molecule has 0 radical (unpaired) electrons. The number of anilines is 2. The SMILES string of the molecule is c1ccc(Nc2cc([C@@H]3CCCN(Cc4cnc[nH]4)C3)ccn2)nc1. The van der Waals surface area contributed by atoms with Crippen LogP contribution in [-0.2, 0) is 6.54 Å². The van der Waals surface area contributed by atoms with E-state index in [1.54, 1.807) is 12.5 Å². The van der Waals surface area contributed by atoms with Crippen LogP contribution in [0.4, 0.5) is 11.6 Å². The van der Waals surface area contributed by atoms with Gasteiger partial charge in [-0.1, -0.05) is 6.07 Å². The van der Waals surface area contributed by atoms with Crippen molar-refractivity contribution < 1.29 is 0 Å². The fourth-order valence-electron chi connectivity index (χ4n) is 3.42. The summed E-state index contributed by atoms with van der Waals surface area (Å²) in [4.78, 5) is 18.5. The molecule has 1 atom stereocenters. The van der Waals surface area contributed by atoms with Crippen LogP contribution in [0.1, 0.15) is 30.0 Å². The quantitative estimate of drug-likeness (QED) is 0.749. The number of nitrogens with one attached hydrogen (secondary N) is 2. The van der Waals surface area contributed by atoms with Gasteiger partial charge in [0.25, 0.3) is 0 Å². The molecule has 1 fully saturated rings. The number of aromatic amines is 1. The molecular formula is C19H22N6. The molecule has 0 saturated carbocycles. The lowest BCUT2D eigenvalue weighted by Crippen LogP contribution is -2.34. The monoisotopic (exact) mass is 334 g/mol. The molecule has 4 heterocycles. The van der Waals surface area contributed by atoms with Crippen LogP contribution in [-0.4, -0.2) is 37.9 Å². The first kappa shape index (κ1) is 15.8. The summed E-state index contributed by atoms with van der Waals surface area (Å²) < 4.78 is 0. The number of hydrogen-bond acceptors (Lipinski definition) is 5. The van der Waals surface area contributed by atoms with Crippen LogP contribution in [0.3, 0.4) is 0 Å². The number of piperidine rings is 1. The zero-order chi connectivity index (χ0) is 16.9. The van der Waals surface area contributed by atoms with Gasteiger partial charge < -0.3 is 10.3 Å². The molecule has 0 spiro atoms. The van der Waals surface area contributed by atoms with Crippen LogP contribution in [0.15, 0.2) is 55.2 Å². The first-order valence-electron chi connectivity index (χ1n) is 8.70. The van der Waals surface area contributed by atoms with Gasteiger partial charge in [-0.2, -0.15) is 0 Å². The Hall–Kier alpha value is -2.73. The van der Waals surface area contributed by atoms with Crippen molar-refractivity contribution in [3.05, 3.63) is 66.5 Å². The van der Waals surface area contributed by atoms with E-state index in [2.05, 4.69) is 42.3 Å². The van der Waals surface area contributed by atoms with E-state index >= 15 is 0 Å². The van der Waals surface area contributed by atoms with Gasteiger partial charge in [0.1, 0.15) is 11.6 Å². The first-order valence-corrected chi connectivity index (χ1v) is 8.70. The van der Waals surface area contributed by atoms with Crippen molar-refractivity contribution in [1.82, 2.24) is 24.8 Å². The van der Waals surface area contributed by atoms with Crippen molar-refractivity contribution in [3.63, 3.8) is 0 Å². The minimum absolute atomic E-state index is 0.531. The predicted molar refractivity (Wildman–Crippen MR) is 97.6 cm³/mol. The molecule has 0 bridgehead atoms. The maximum atomic E-state index is 4.43. The lowest BCUT2D eigenvalue weighted by atomic mass is 9.91. The smallest absolute Gasteiger partial charge is 0.131 e. The van der Waals surface area contributed by atoms with E-state index in [0.717, 1.165) is 31.3 Å². The molecule has 128 valence electrons. The van der Waals surface area contributed by atoms with E-state index in [4.69, 9.17) is 0 Å². The Morgan fingerprint density at radius 1 is 1.16 bits per heavy atom. The maximum absolute atomic E-state index is 4.43. The van der Waals surface area contributed by atoms with Crippen molar-refractivity contribution in [2.45, 2.75) is 25.3 Å². The number of likely N-dealkylation sites (tertiary alicyclic amines) is 1. The third-order valence-electron chi connectivity index (χ3n) is 4.63. The number of nitrogens with zero attached hydrogens (tertiary/aromatic N) is 4. The second kappa shape index (κ2) is 7.44. The highest BCUT2D eigenvalue weighted by atomic mass is 15.1. The van der Waals surface area contributed by atoms with Gasteiger partial charge >= 0.3 is 0 Å². The summed E-state index contributed by atoms with van der Waals surface area (Å²) in [5, 5.41) is 3.28. The Morgan fingerprint density at radius 3 is 2.96 bits per heavy atom. The molecule has 6 nitrogen and oxygen atoms in total. The minimum atomic E-state index is 0.531. The Balaban J connectivity index is 1.44. The van der Waals surface area contributed by atoms with Gasteiger partial charge in [-0.25, -0.2) is 15.0 Å². The van der Waals surface area contributed by atoms with E-state index in [-0.39, 0.29) is 0 Å². The fourth-order valence-corrected chi connectivity index (χ4v) is 3.42. The van der Waals surface area contributed by atoms with Crippen molar-refractivity contribution in [2.75, 3.05) is 18.4 Å². The summed E-state index contributed by atoms with van der Waals surface area (Å²) in [5.74, 6) is 2.20. The second-order valence-corrected chi connectivity index (χ2v) is 6.47. The zero-order valence-corrected chi connectivity index (χ0v) is 14.1. The lowest BCUT2D eigenvalue weighted by Gasteiger charge is -2.32. The molecule has 0 aromatic carbocycles. The van der Waals surface area contributed by atoms with Gasteiger partial charge in [0.05, 0.1) is 6.33 Å². The summed E-state index contributed by atoms with van der Waals surface area (Å²) in [7, 11) is 0. The predicted octanol–water partition coefficient (Wildman–Crippen LogP) is 3.32. The maximum Gasteiger partial charge on any atom is 0.131 e. The molecule has 2 N–H and O–H groups in total. The Labute approximate surface area is 147 Å². The van der Waals surface area contributed by atoms with Gasteiger partial charge in [-0.3, -0.25) is 4.90 Å². The van der Waals surface area contributed by atoms with Crippen LogP contribution < -0.4 is 5.32 Å². The summed E-state index contributed by atoms with van der Waals surface area (Å²) >= 11 is 0. The van der Waals surface area contributed by atoms with E-state index in [9.17, 15) is 0 Å². The van der Waals surface area contributed by atoms with E-state index in [1.807, 2.05) is 30.6 Å². The van der Waals surface area contributed by atoms with Gasteiger partial charge in [0.2, 0.25) is 0 Å². The van der Waals surface area contributed by atoms with E-state index in [1.165, 1.54) is 24.1 Å². The Morgan fingerprint density at radius 2 is 2.12 bits per heavy atom. The molecule has 1 aliphatic heterocycles. The summed E-state index contributed by atoms with van der Waals surface area (Å²) in [5.41, 5.74) is 2.51. The third-order valence-corrected chi connectivity index (χ3v) is 4.63. The molecule has 0 unspecified atom stereocenters. The van der Waals surface area contributed by atoms with Crippen molar-refractivity contribution in [1.29, 1.82) is 0 Å². The van der Waals surface area contributed by atoms with Crippen LogP contribution in [0, 0.1) is 0 Å². The first-order chi connectivity index (χ1) is 12.4. The molecule has 3 aromatic rings. The highest BCUT2D eigenvalue weighted by molar-refractivity contribution is 5.52. The topological polar surface area (TPSA) is 69.7 Å². The molecule has 0 aliphatic carbocycles. The number of aromatic nitrogens is 4. The second-order valence-electron chi connectivity index (χ2n) is 6.47. The molecular weight excluding hydrogens is 312 g/mol. The van der Waals surface area contributed by atoms with Gasteiger partial charge in [0, 0.05) is 37.4 Å². The normalized spacial score (nSPS) is 18.2. The number of H-pyrrole nitrogens is 1. The molecule has 3 aromatic heterocycles. The summed E-state index contributed by atoms with van der Waals surface area (Å²) in [6.45, 7) is 3.13. The van der Waals surface area contributed by atoms with Crippen LogP contribution >= 0.6 is 0 Å². The lowest BCUT2D eigenvalue weighted by molar-refractivity contribution is 0.198. The summed E-state index contributed by atoms with van der Waals surface area (Å²) in [6, 6.07) is 10.1. The average molecular weight is 334 g/mol. The van der Waals surface area contributed by atoms with Crippen LogP contribution in [0.25, 0.3) is 0 Å². The van der Waals surface area contributed by atoms with Gasteiger partial charge in [-0.15, -0.1) is 0 Å². The molecule has 0 amide bonds. The molecule has 6 heteroatoms. The minimum Gasteiger partial charge on any atom is -0.347 e. The van der Waals surface area contributed by atoms with Gasteiger partial charge in [0.15, 0.2) is 0 Å². The molecule has 1 aliphatic rings. The standard InChI is InChI=1S/C19H22N6/c1-2-7-21-18(5-1)24-19-10-15(6-8-22-19)16-4-3-9-25(12-16)13-17-11-20-14-23-17/h1-2,5-8,10-11,14,16H,3-4,9,12-13H2,(H,20,23)(H,21,22,24)/t16-/m1/s1. The summed E-state index contributed by atoms with van der Waals surface area (Å²) in [6.07, 6.45) is 9.74. The van der Waals surface area contributed by atoms with Crippen LogP contribution in [0.2, 0.25) is 0 Å². The van der Waals surface area contributed by atoms with Gasteiger partial charge in [-0.05, 0) is 55.1 Å². The number of imidazole rings is 1.